The van der Waals surface area contributed by atoms with Gasteiger partial charge in [0, 0.05) is 51.6 Å². The van der Waals surface area contributed by atoms with Crippen LogP contribution in [0, 0.1) is 0 Å². The number of H-pyrrole nitrogens is 1. The number of benzene rings is 3. The van der Waals surface area contributed by atoms with Crippen LogP contribution in [0.4, 0.5) is 0 Å². The summed E-state index contributed by atoms with van der Waals surface area (Å²) >= 11 is 3.27. The van der Waals surface area contributed by atoms with E-state index in [9.17, 15) is 0 Å². The second kappa shape index (κ2) is 74.5. The Bertz CT molecular complexity index is 3310. The van der Waals surface area contributed by atoms with Crippen molar-refractivity contribution in [2.45, 2.75) is 278 Å². The van der Waals surface area contributed by atoms with Crippen LogP contribution in [-0.2, 0) is 13.3 Å². The van der Waals surface area contributed by atoms with Crippen LogP contribution in [-0.4, -0.2) is 297 Å². The number of fused-ring (bicyclic) bond motifs is 3. The molecule has 0 saturated heterocycles. The molecule has 660 valence electrons. The number of para-hydroxylation sites is 3. The number of halogens is 1. The molecule has 3 aromatic carbocycles. The van der Waals surface area contributed by atoms with Crippen molar-refractivity contribution in [3.8, 4) is 0 Å². The monoisotopic (exact) mass is 1860 g/mol. The van der Waals surface area contributed by atoms with Gasteiger partial charge < -0.3 is 29.5 Å². The zero-order chi connectivity index (χ0) is 88.5. The number of likely N-dealkylation sites (N-methyl/N-ethyl adjacent to an activating group) is 6. The van der Waals surface area contributed by atoms with Crippen molar-refractivity contribution in [3.05, 3.63) is 173 Å². The number of hydrogen-bond donors (Lipinski definition) is 2. The van der Waals surface area contributed by atoms with Gasteiger partial charge in [-0.3, -0.25) is 9.80 Å². The van der Waals surface area contributed by atoms with Gasteiger partial charge in [-0.05, 0) is 121 Å². The zero-order valence-corrected chi connectivity index (χ0v) is 86.8. The summed E-state index contributed by atoms with van der Waals surface area (Å²) in [7, 11) is 12.5. The van der Waals surface area contributed by atoms with E-state index in [2.05, 4.69) is 296 Å². The van der Waals surface area contributed by atoms with Crippen LogP contribution in [0.1, 0.15) is 202 Å². The SMILES string of the molecule is C=CB(Cl)N(C(C)C)C(C)C.C=CCN(C)CB(C=C)N(C(C)C)C(C)C.C=CCN(C)Cn1nc2ccccc2n1.C=CCN(C)Cn1nnc2ccccc21.C=CCN(C)[CH2][Sn]([CH2]CCC)([CH2]CCC)[CH2]CCC.C=CCNC.CC(C)N(B1C=CCN(C)C1)C(C)C.CCC[CH2][Sn]([CH2]CCC)[CH2]CCC.[Li].c1ccc2n[nH]nc2c1. The topological polar surface area (TPSA) is 141 Å². The molecule has 4 heterocycles. The van der Waals surface area contributed by atoms with Crippen LogP contribution in [0.25, 0.3) is 33.1 Å². The van der Waals surface area contributed by atoms with E-state index >= 15 is 0 Å². The quantitative estimate of drug-likeness (QED) is 0.0276. The van der Waals surface area contributed by atoms with Crippen molar-refractivity contribution >= 4 is 122 Å². The summed E-state index contributed by atoms with van der Waals surface area (Å²) < 4.78 is 13.2. The van der Waals surface area contributed by atoms with Crippen LogP contribution in [0.5, 0.6) is 0 Å². The Morgan fingerprint density at radius 3 is 1.31 bits per heavy atom. The third-order valence-corrected chi connectivity index (χ3v) is 45.2. The van der Waals surface area contributed by atoms with Crippen molar-refractivity contribution in [2.24, 2.45) is 0 Å². The van der Waals surface area contributed by atoms with Crippen molar-refractivity contribution in [2.75, 3.05) is 99.0 Å². The Hall–Kier alpha value is -3.90. The number of unbranched alkanes of at least 4 members (excludes halogenated alkanes) is 6. The van der Waals surface area contributed by atoms with Crippen LogP contribution >= 0.6 is 11.5 Å². The van der Waals surface area contributed by atoms with E-state index in [0.29, 0.717) is 56.6 Å². The van der Waals surface area contributed by atoms with Crippen LogP contribution < -0.4 is 5.32 Å². The first kappa shape index (κ1) is 118. The maximum Gasteiger partial charge on any atom is 0.112 e. The maximum atomic E-state index is 6.03. The van der Waals surface area contributed by atoms with Gasteiger partial charge in [0.25, 0.3) is 13.7 Å². The van der Waals surface area contributed by atoms with Crippen molar-refractivity contribution in [1.29, 1.82) is 0 Å². The standard InChI is InChI=1S/C13H27BN2.C11H23BN2.2C11H14N4.C8H17BClN.C6H5N3.C5H10N.C4H9N.6C4H9.Li.2Sn/c1-8-10-15(7)11-14(9-2)16(12(3)4)13(5)6;1-10(2)14(11(3)4)12-7-6-8-13(5)9-12;1-3-8-14(2)9-15-11-7-5-4-6-10(11)12-13-15;1-3-8-14(2)9-15-12-10-6-4-5-7-11(10)13-15;1-6-9(10)11(7(2)3)8(4)5;1-2-4-6-5(3-1)7-9-8-6;1-4-5-6(2)3;1-3-4-5-2;6*1-3-4-2;;;/h8-9,12-13H,1-2,10-11H2,3-7H3;6-7,10-11H,8-9H2,1-5H3;2*3-7H,1,8-9H2,2H3;6-8H,1H2,2-5H3;1-4H,(H,7,8,9);4H,1-2,5H2,3H3;3,5H,1,4H2,2H3;6*1,3-4H2,2H3;;;. The Labute approximate surface area is 754 Å². The van der Waals surface area contributed by atoms with Crippen molar-refractivity contribution in [1.82, 2.24) is 89.6 Å². The average molecular weight is 1860 g/mol. The molecule has 0 aliphatic carbocycles. The second-order valence-corrected chi connectivity index (χ2v) is 55.9. The van der Waals surface area contributed by atoms with Gasteiger partial charge in [0.05, 0.1) is 12.2 Å². The molecule has 1 aliphatic rings. The summed E-state index contributed by atoms with van der Waals surface area (Å²) in [6.45, 7) is 75.0. The minimum absolute atomic E-state index is 0. The first-order chi connectivity index (χ1) is 55.9. The molecule has 0 saturated carbocycles. The number of aromatic nitrogens is 9. The third-order valence-electron chi connectivity index (χ3n) is 20.1. The molecule has 25 heteroatoms. The number of hydrogen-bond acceptors (Lipinski definition) is 15. The normalized spacial score (nSPS) is 11.9. The maximum absolute atomic E-state index is 6.03. The predicted octanol–water partition coefficient (Wildman–Crippen LogP) is 21.1. The summed E-state index contributed by atoms with van der Waals surface area (Å²) in [5.74, 6) is 6.18. The molecule has 6 aromatic rings. The summed E-state index contributed by atoms with van der Waals surface area (Å²) in [4.78, 5) is 20.4. The van der Waals surface area contributed by atoms with Crippen LogP contribution in [0.15, 0.2) is 173 Å². The van der Waals surface area contributed by atoms with E-state index < -0.39 is 38.1 Å². The van der Waals surface area contributed by atoms with Gasteiger partial charge in [-0.2, -0.15) is 41.9 Å². The molecule has 3 aromatic heterocycles. The fourth-order valence-corrected chi connectivity index (χ4v) is 41.1. The largest absolute Gasteiger partial charge is 0.197 e. The van der Waals surface area contributed by atoms with Gasteiger partial charge in [-0.1, -0.05) is 161 Å². The molecule has 18 nitrogen and oxygen atoms in total. The van der Waals surface area contributed by atoms with E-state index in [1.54, 1.807) is 37.4 Å². The number of nitrogens with one attached hydrogen (secondary N) is 2. The second-order valence-electron chi connectivity index (χ2n) is 33.1. The van der Waals surface area contributed by atoms with Crippen molar-refractivity contribution < 1.29 is 0 Å². The molecule has 7 rings (SSSR count). The summed E-state index contributed by atoms with van der Waals surface area (Å²) in [5.41, 5.74) is 5.70. The fraction of sp³-hybridized carbons (Fsp3) is 0.634. The molecule has 118 heavy (non-hydrogen) atoms. The Kier molecular flexibility index (Phi) is 74.7. The van der Waals surface area contributed by atoms with E-state index in [4.69, 9.17) is 11.5 Å². The number of rotatable bonds is 47. The van der Waals surface area contributed by atoms with Gasteiger partial charge in [0.15, 0.2) is 0 Å². The van der Waals surface area contributed by atoms with E-state index in [1.807, 2.05) is 123 Å². The van der Waals surface area contributed by atoms with Gasteiger partial charge in [-0.15, -0.1) is 56.5 Å². The first-order valence-electron chi connectivity index (χ1n) is 44.6. The molecule has 1 aliphatic heterocycles. The van der Waals surface area contributed by atoms with Crippen LogP contribution in [0.3, 0.4) is 0 Å². The van der Waals surface area contributed by atoms with E-state index in [0.717, 1.165) is 91.9 Å². The minimum atomic E-state index is -1.92. The van der Waals surface area contributed by atoms with Gasteiger partial charge in [0.1, 0.15) is 34.3 Å². The molecule has 2 N–H and O–H groups in total. The Balaban J connectivity index is -0.00000128. The average Bonchev–Trinajstić information content (AvgIpc) is 1.63. The first-order valence-corrected chi connectivity index (χ1v) is 59.2. The van der Waals surface area contributed by atoms with Gasteiger partial charge in [-0.25, -0.2) is 4.68 Å². The molecule has 0 amide bonds. The summed E-state index contributed by atoms with van der Waals surface area (Å²) in [5, 5.41) is 30.1. The van der Waals surface area contributed by atoms with Crippen LogP contribution in [0.2, 0.25) is 26.6 Å². The minimum Gasteiger partial charge on any atom is -0.197 e. The molecular weight excluding hydrogens is 1680 g/mol. The van der Waals surface area contributed by atoms with Crippen molar-refractivity contribution in [3.63, 3.8) is 0 Å². The molecule has 2 radical (unpaired) electrons. The Morgan fingerprint density at radius 1 is 0.534 bits per heavy atom. The molecule has 0 atom stereocenters. The molecule has 0 spiro atoms. The Morgan fingerprint density at radius 2 is 0.941 bits per heavy atom. The predicted molar refractivity (Wildman–Crippen MR) is 536 cm³/mol. The molecular formula is C93H173B3ClLiN18Sn2. The molecule has 0 fully saturated rings. The third kappa shape index (κ3) is 54.0. The van der Waals surface area contributed by atoms with E-state index in [1.165, 1.54) is 81.6 Å². The van der Waals surface area contributed by atoms with Gasteiger partial charge in [0.2, 0.25) is 0 Å². The van der Waals surface area contributed by atoms with E-state index in [-0.39, 0.29) is 25.1 Å². The zero-order valence-electron chi connectivity index (χ0n) is 80.3. The summed E-state index contributed by atoms with van der Waals surface area (Å²) in [6, 6.07) is 26.8. The number of nitrogens with zero attached hydrogens (tertiary/aromatic N) is 16. The smallest absolute Gasteiger partial charge is 0.112 e. The molecule has 0 bridgehead atoms. The summed E-state index contributed by atoms with van der Waals surface area (Å²) in [6.07, 6.45) is 31.4. The molecule has 0 unspecified atom stereocenters. The van der Waals surface area contributed by atoms with Gasteiger partial charge >= 0.3 is 225 Å². The number of aromatic amines is 1. The fourth-order valence-electron chi connectivity index (χ4n) is 14.7.